The Balaban J connectivity index is 1.32. The molecule has 1 fully saturated rings. The van der Waals surface area contributed by atoms with E-state index in [0.29, 0.717) is 30.6 Å². The van der Waals surface area contributed by atoms with Gasteiger partial charge in [0.15, 0.2) is 21.3 Å². The van der Waals surface area contributed by atoms with Crippen LogP contribution in [0.15, 0.2) is 71.6 Å². The van der Waals surface area contributed by atoms with Crippen LogP contribution < -0.4 is 19.7 Å². The minimum absolute atomic E-state index is 0.0534. The Labute approximate surface area is 263 Å². The first kappa shape index (κ1) is 33.0. The number of fused-ring (bicyclic) bond motifs is 1. The molecule has 244 valence electrons. The molecule has 0 aromatic heterocycles. The van der Waals surface area contributed by atoms with Gasteiger partial charge in [0.05, 0.1) is 41.8 Å². The van der Waals surface area contributed by atoms with Gasteiger partial charge in [0, 0.05) is 23.7 Å². The van der Waals surface area contributed by atoms with Crippen LogP contribution in [0, 0.1) is 11.3 Å². The average molecular weight is 662 g/mol. The van der Waals surface area contributed by atoms with E-state index >= 15 is 0 Å². The van der Waals surface area contributed by atoms with Gasteiger partial charge in [0.1, 0.15) is 0 Å². The van der Waals surface area contributed by atoms with E-state index in [0.717, 1.165) is 5.56 Å². The molecule has 0 bridgehead atoms. The zero-order valence-electron chi connectivity index (χ0n) is 24.7. The molecule has 9 nitrogen and oxygen atoms in total. The van der Waals surface area contributed by atoms with Crippen LogP contribution in [-0.2, 0) is 14.6 Å². The van der Waals surface area contributed by atoms with Gasteiger partial charge in [-0.1, -0.05) is 25.1 Å². The molecule has 1 saturated heterocycles. The SMILES string of the molecule is CCS(=O)(=O)c1ccc([C@H](CC#N)NC(=O)c2ccc(N3C[C@@H](c4ccc5c(c4)OC(F)(F)O5)CC[C@H]3COC(F)F)cc2)cc1. The molecule has 3 aromatic carbocycles. The number of alkyl halides is 4. The summed E-state index contributed by atoms with van der Waals surface area (Å²) >= 11 is 0. The summed E-state index contributed by atoms with van der Waals surface area (Å²) in [4.78, 5) is 15.2. The summed E-state index contributed by atoms with van der Waals surface area (Å²) in [5.74, 6) is -0.831. The van der Waals surface area contributed by atoms with Crippen molar-refractivity contribution in [3.8, 4) is 17.6 Å². The molecule has 1 N–H and O–H groups in total. The van der Waals surface area contributed by atoms with Crippen molar-refractivity contribution in [1.82, 2.24) is 5.32 Å². The van der Waals surface area contributed by atoms with Crippen molar-refractivity contribution in [1.29, 1.82) is 5.26 Å². The lowest BCUT2D eigenvalue weighted by Crippen LogP contribution is -2.45. The number of nitrogens with one attached hydrogen (secondary N) is 1. The highest BCUT2D eigenvalue weighted by atomic mass is 32.2. The van der Waals surface area contributed by atoms with E-state index in [1.54, 1.807) is 49.4 Å². The number of amides is 1. The van der Waals surface area contributed by atoms with Gasteiger partial charge in [-0.15, -0.1) is 8.78 Å². The fourth-order valence-electron chi connectivity index (χ4n) is 5.66. The van der Waals surface area contributed by atoms with Gasteiger partial charge in [-0.3, -0.25) is 4.79 Å². The summed E-state index contributed by atoms with van der Waals surface area (Å²) in [5.41, 5.74) is 2.20. The maximum Gasteiger partial charge on any atom is 0.586 e. The first-order chi connectivity index (χ1) is 21.9. The van der Waals surface area contributed by atoms with Crippen LogP contribution in [-0.4, -0.2) is 52.2 Å². The standard InChI is InChI=1S/C32H31F4N3O6S/c1-2-46(41,42)26-12-6-20(7-13-26)27(15-16-37)38-30(40)21-3-9-24(10-4-21)39-18-23(5-11-25(39)19-43-31(33)34)22-8-14-28-29(17-22)45-32(35,36)44-28/h3-4,6-10,12-14,17,23,25,27,31H,2,5,11,15,18-19H2,1H3,(H,38,40)/t23-,25-,27-/m0/s1. The largest absolute Gasteiger partial charge is 0.586 e. The quantitative estimate of drug-likeness (QED) is 0.242. The van der Waals surface area contributed by atoms with E-state index in [4.69, 9.17) is 0 Å². The maximum atomic E-state index is 13.6. The Morgan fingerprint density at radius 3 is 2.41 bits per heavy atom. The predicted octanol–water partition coefficient (Wildman–Crippen LogP) is 6.18. The topological polar surface area (TPSA) is 118 Å². The first-order valence-corrected chi connectivity index (χ1v) is 16.2. The number of carbonyl (C=O) groups is 1. The van der Waals surface area contributed by atoms with E-state index in [9.17, 15) is 36.0 Å². The van der Waals surface area contributed by atoms with Crippen LogP contribution in [0.3, 0.4) is 0 Å². The summed E-state index contributed by atoms with van der Waals surface area (Å²) in [7, 11) is -3.41. The third kappa shape index (κ3) is 7.54. The van der Waals surface area contributed by atoms with E-state index in [1.165, 1.54) is 24.3 Å². The summed E-state index contributed by atoms with van der Waals surface area (Å²) < 4.78 is 91.0. The zero-order valence-corrected chi connectivity index (χ0v) is 25.5. The number of hydrogen-bond donors (Lipinski definition) is 1. The van der Waals surface area contributed by atoms with Gasteiger partial charge in [-0.05, 0) is 72.5 Å². The summed E-state index contributed by atoms with van der Waals surface area (Å²) in [6.07, 6.45) is -2.75. The monoisotopic (exact) mass is 661 g/mol. The molecule has 0 radical (unpaired) electrons. The Morgan fingerprint density at radius 1 is 1.07 bits per heavy atom. The van der Waals surface area contributed by atoms with Crippen LogP contribution in [0.2, 0.25) is 0 Å². The summed E-state index contributed by atoms with van der Waals surface area (Å²) in [6.45, 7) is -1.30. The van der Waals surface area contributed by atoms with Crippen molar-refractivity contribution in [2.75, 3.05) is 23.8 Å². The lowest BCUT2D eigenvalue weighted by Gasteiger charge is -2.41. The number of ether oxygens (including phenoxy) is 3. The smallest absolute Gasteiger partial charge is 0.395 e. The Hall–Kier alpha value is -4.35. The summed E-state index contributed by atoms with van der Waals surface area (Å²) in [6, 6.07) is 18.0. The van der Waals surface area contributed by atoms with Gasteiger partial charge in [-0.25, -0.2) is 8.42 Å². The first-order valence-electron chi connectivity index (χ1n) is 14.6. The Bertz CT molecular complexity index is 1700. The zero-order chi connectivity index (χ0) is 33.1. The molecule has 2 aliphatic heterocycles. The second-order valence-electron chi connectivity index (χ2n) is 11.0. The lowest BCUT2D eigenvalue weighted by atomic mass is 9.87. The molecule has 14 heteroatoms. The number of hydrogen-bond acceptors (Lipinski definition) is 8. The van der Waals surface area contributed by atoms with E-state index < -0.39 is 40.7 Å². The van der Waals surface area contributed by atoms with Crippen LogP contribution in [0.1, 0.15) is 59.6 Å². The molecule has 0 saturated carbocycles. The van der Waals surface area contributed by atoms with Crippen LogP contribution in [0.25, 0.3) is 0 Å². The van der Waals surface area contributed by atoms with E-state index in [1.807, 2.05) is 11.0 Å². The number of nitrogens with zero attached hydrogens (tertiary/aromatic N) is 2. The van der Waals surface area contributed by atoms with Crippen molar-refractivity contribution < 1.29 is 45.0 Å². The van der Waals surface area contributed by atoms with Crippen molar-refractivity contribution in [2.45, 2.75) is 62.0 Å². The minimum Gasteiger partial charge on any atom is -0.395 e. The molecular weight excluding hydrogens is 630 g/mol. The molecule has 0 spiro atoms. The molecule has 0 unspecified atom stereocenters. The summed E-state index contributed by atoms with van der Waals surface area (Å²) in [5, 5.41) is 12.2. The molecule has 2 aliphatic rings. The number of halogens is 4. The molecule has 3 aromatic rings. The Kier molecular flexibility index (Phi) is 9.74. The van der Waals surface area contributed by atoms with Gasteiger partial charge >= 0.3 is 12.9 Å². The predicted molar refractivity (Wildman–Crippen MR) is 159 cm³/mol. The number of carbonyl (C=O) groups excluding carboxylic acids is 1. The van der Waals surface area contributed by atoms with Crippen molar-refractivity contribution >= 4 is 21.4 Å². The van der Waals surface area contributed by atoms with Gasteiger partial charge < -0.3 is 24.4 Å². The van der Waals surface area contributed by atoms with Crippen molar-refractivity contribution in [2.24, 2.45) is 0 Å². The highest BCUT2D eigenvalue weighted by Gasteiger charge is 2.44. The van der Waals surface area contributed by atoms with Gasteiger partial charge in [0.2, 0.25) is 0 Å². The second kappa shape index (κ2) is 13.6. The van der Waals surface area contributed by atoms with E-state index in [-0.39, 0.29) is 46.7 Å². The van der Waals surface area contributed by atoms with Crippen LogP contribution in [0.5, 0.6) is 11.5 Å². The number of nitriles is 1. The average Bonchev–Trinajstić information content (AvgIpc) is 3.36. The highest BCUT2D eigenvalue weighted by Crippen LogP contribution is 2.44. The normalized spacial score (nSPS) is 19.5. The van der Waals surface area contributed by atoms with E-state index in [2.05, 4.69) is 19.5 Å². The van der Waals surface area contributed by atoms with Crippen LogP contribution in [0.4, 0.5) is 23.2 Å². The number of piperidine rings is 1. The minimum atomic E-state index is -3.75. The lowest BCUT2D eigenvalue weighted by molar-refractivity contribution is -0.286. The molecule has 46 heavy (non-hydrogen) atoms. The molecule has 1 amide bonds. The molecule has 3 atom stereocenters. The second-order valence-corrected chi connectivity index (χ2v) is 13.2. The van der Waals surface area contributed by atoms with Gasteiger partial charge in [0.25, 0.3) is 5.91 Å². The molecule has 0 aliphatic carbocycles. The van der Waals surface area contributed by atoms with Crippen LogP contribution >= 0.6 is 0 Å². The molecule has 5 rings (SSSR count). The van der Waals surface area contributed by atoms with Crippen molar-refractivity contribution in [3.05, 3.63) is 83.4 Å². The fraction of sp³-hybridized carbons (Fsp3) is 0.375. The van der Waals surface area contributed by atoms with Crippen molar-refractivity contribution in [3.63, 3.8) is 0 Å². The number of rotatable bonds is 11. The number of benzene rings is 3. The highest BCUT2D eigenvalue weighted by molar-refractivity contribution is 7.91. The number of sulfone groups is 1. The third-order valence-electron chi connectivity index (χ3n) is 8.10. The number of anilines is 1. The fourth-order valence-corrected chi connectivity index (χ4v) is 6.54. The van der Waals surface area contributed by atoms with Gasteiger partial charge in [-0.2, -0.15) is 14.0 Å². The third-order valence-corrected chi connectivity index (χ3v) is 9.85. The molecule has 2 heterocycles. The Morgan fingerprint density at radius 2 is 1.76 bits per heavy atom. The molecular formula is C32H31F4N3O6S. The maximum absolute atomic E-state index is 13.6.